The number of urea groups is 1. The Balaban J connectivity index is 1.56. The molecule has 2 heterocycles. The maximum atomic E-state index is 13.0. The Hall–Kier alpha value is -2.90. The fourth-order valence-electron chi connectivity index (χ4n) is 4.03. The van der Waals surface area contributed by atoms with Crippen LogP contribution < -0.4 is 10.1 Å². The zero-order valence-electron chi connectivity index (χ0n) is 15.4. The van der Waals surface area contributed by atoms with Crippen LogP contribution in [-0.2, 0) is 11.3 Å². The van der Waals surface area contributed by atoms with E-state index in [9.17, 15) is 9.59 Å². The average molecular weight is 370 g/mol. The number of para-hydroxylation sites is 1. The summed E-state index contributed by atoms with van der Waals surface area (Å²) in [6.45, 7) is 1.98. The second-order valence-electron chi connectivity index (χ2n) is 7.15. The lowest BCUT2D eigenvalue weighted by molar-refractivity contribution is -0.134. The van der Waals surface area contributed by atoms with E-state index in [1.807, 2.05) is 25.1 Å². The van der Waals surface area contributed by atoms with Gasteiger partial charge in [0.25, 0.3) is 5.91 Å². The van der Waals surface area contributed by atoms with Gasteiger partial charge in [-0.25, -0.2) is 4.79 Å². The van der Waals surface area contributed by atoms with Gasteiger partial charge >= 0.3 is 6.03 Å². The van der Waals surface area contributed by atoms with E-state index in [1.165, 1.54) is 4.90 Å². The second kappa shape index (κ2) is 6.68. The van der Waals surface area contributed by atoms with E-state index in [0.717, 1.165) is 19.3 Å². The van der Waals surface area contributed by atoms with E-state index in [4.69, 9.17) is 9.26 Å². The van der Waals surface area contributed by atoms with Crippen molar-refractivity contribution in [1.29, 1.82) is 0 Å². The lowest BCUT2D eigenvalue weighted by Gasteiger charge is -2.36. The van der Waals surface area contributed by atoms with E-state index in [0.29, 0.717) is 23.6 Å². The number of benzene rings is 1. The van der Waals surface area contributed by atoms with Crippen molar-refractivity contribution in [3.8, 4) is 17.1 Å². The fourth-order valence-corrected chi connectivity index (χ4v) is 4.03. The molecular weight excluding hydrogens is 348 g/mol. The van der Waals surface area contributed by atoms with Crippen molar-refractivity contribution in [2.75, 3.05) is 7.11 Å². The summed E-state index contributed by atoms with van der Waals surface area (Å²) in [6, 6.07) is 6.92. The summed E-state index contributed by atoms with van der Waals surface area (Å²) in [5.74, 6) is 1.10. The van der Waals surface area contributed by atoms with Crippen molar-refractivity contribution in [2.24, 2.45) is 5.92 Å². The molecule has 142 valence electrons. The van der Waals surface area contributed by atoms with Crippen molar-refractivity contribution in [2.45, 2.75) is 44.7 Å². The third-order valence-electron chi connectivity index (χ3n) is 5.61. The molecule has 0 bridgehead atoms. The minimum atomic E-state index is -0.791. The van der Waals surface area contributed by atoms with Gasteiger partial charge < -0.3 is 14.6 Å². The van der Waals surface area contributed by atoms with E-state index in [1.54, 1.807) is 13.2 Å². The number of carbonyl (C=O) groups is 2. The Morgan fingerprint density at radius 3 is 2.93 bits per heavy atom. The predicted molar refractivity (Wildman–Crippen MR) is 95.7 cm³/mol. The number of ether oxygens (including phenoxy) is 1. The highest BCUT2D eigenvalue weighted by molar-refractivity contribution is 6.07. The van der Waals surface area contributed by atoms with Gasteiger partial charge in [-0.3, -0.25) is 9.69 Å². The zero-order chi connectivity index (χ0) is 19.0. The molecule has 0 unspecified atom stereocenters. The molecule has 1 spiro atoms. The van der Waals surface area contributed by atoms with Gasteiger partial charge in [-0.15, -0.1) is 0 Å². The SMILES string of the molecule is COc1ccccc1-c1noc(CN2C(=O)N[C@@]3(CCCC[C@H]3C)C2=O)n1. The number of hydrogen-bond donors (Lipinski definition) is 1. The van der Waals surface area contributed by atoms with Gasteiger partial charge in [-0.1, -0.05) is 37.1 Å². The molecule has 0 radical (unpaired) electrons. The monoisotopic (exact) mass is 370 g/mol. The Morgan fingerprint density at radius 1 is 1.33 bits per heavy atom. The van der Waals surface area contributed by atoms with Crippen molar-refractivity contribution in [3.63, 3.8) is 0 Å². The molecule has 2 atom stereocenters. The Bertz CT molecular complexity index is 880. The van der Waals surface area contributed by atoms with Crippen LogP contribution in [0.25, 0.3) is 11.4 Å². The molecule has 2 fully saturated rings. The van der Waals surface area contributed by atoms with E-state index < -0.39 is 11.6 Å². The standard InChI is InChI=1S/C19H22N4O4/c1-12-7-5-6-10-19(12)17(24)23(18(25)21-19)11-15-20-16(22-27-15)13-8-3-4-9-14(13)26-2/h3-4,8-9,12H,5-7,10-11H2,1-2H3,(H,21,25)/t12-,19-/m1/s1. The molecule has 1 saturated carbocycles. The summed E-state index contributed by atoms with van der Waals surface area (Å²) in [7, 11) is 1.57. The molecule has 2 aromatic rings. The van der Waals surface area contributed by atoms with Crippen LogP contribution >= 0.6 is 0 Å². The average Bonchev–Trinajstić information content (AvgIpc) is 3.24. The molecule has 1 saturated heterocycles. The minimum Gasteiger partial charge on any atom is -0.496 e. The van der Waals surface area contributed by atoms with Crippen molar-refractivity contribution in [3.05, 3.63) is 30.2 Å². The summed E-state index contributed by atoms with van der Waals surface area (Å²) in [4.78, 5) is 31.0. The van der Waals surface area contributed by atoms with Gasteiger partial charge in [-0.05, 0) is 30.9 Å². The largest absolute Gasteiger partial charge is 0.496 e. The van der Waals surface area contributed by atoms with E-state index in [-0.39, 0.29) is 24.3 Å². The molecule has 27 heavy (non-hydrogen) atoms. The number of amides is 3. The third kappa shape index (κ3) is 2.85. The number of imide groups is 1. The Labute approximate surface area is 156 Å². The van der Waals surface area contributed by atoms with Gasteiger partial charge in [0.05, 0.1) is 12.7 Å². The highest BCUT2D eigenvalue weighted by atomic mass is 16.5. The van der Waals surface area contributed by atoms with Crippen molar-refractivity contribution in [1.82, 2.24) is 20.4 Å². The maximum Gasteiger partial charge on any atom is 0.325 e. The summed E-state index contributed by atoms with van der Waals surface area (Å²) in [5.41, 5.74) is -0.106. The smallest absolute Gasteiger partial charge is 0.325 e. The topological polar surface area (TPSA) is 97.6 Å². The first-order chi connectivity index (χ1) is 13.0. The Kier molecular flexibility index (Phi) is 4.33. The van der Waals surface area contributed by atoms with E-state index >= 15 is 0 Å². The number of methoxy groups -OCH3 is 1. The molecule has 8 nitrogen and oxygen atoms in total. The molecule has 1 aliphatic heterocycles. The fraction of sp³-hybridized carbons (Fsp3) is 0.474. The second-order valence-corrected chi connectivity index (χ2v) is 7.15. The van der Waals surface area contributed by atoms with Crippen LogP contribution in [0.1, 0.15) is 38.5 Å². The van der Waals surface area contributed by atoms with Crippen LogP contribution in [0, 0.1) is 5.92 Å². The Morgan fingerprint density at radius 2 is 2.15 bits per heavy atom. The predicted octanol–water partition coefficient (Wildman–Crippen LogP) is 2.75. The van der Waals surface area contributed by atoms with Gasteiger partial charge in [-0.2, -0.15) is 4.98 Å². The first kappa shape index (κ1) is 17.5. The molecule has 1 aliphatic carbocycles. The lowest BCUT2D eigenvalue weighted by Crippen LogP contribution is -2.53. The van der Waals surface area contributed by atoms with Crippen LogP contribution in [0.15, 0.2) is 28.8 Å². The number of hydrogen-bond acceptors (Lipinski definition) is 6. The van der Waals surface area contributed by atoms with Gasteiger partial charge in [0.1, 0.15) is 17.8 Å². The van der Waals surface area contributed by atoms with Gasteiger partial charge in [0.2, 0.25) is 11.7 Å². The first-order valence-corrected chi connectivity index (χ1v) is 9.15. The molecule has 1 aromatic carbocycles. The number of nitrogens with one attached hydrogen (secondary N) is 1. The summed E-state index contributed by atoms with van der Waals surface area (Å²) >= 11 is 0. The molecular formula is C19H22N4O4. The molecule has 1 aromatic heterocycles. The zero-order valence-corrected chi connectivity index (χ0v) is 15.4. The number of aromatic nitrogens is 2. The minimum absolute atomic E-state index is 0.0404. The molecule has 2 aliphatic rings. The first-order valence-electron chi connectivity index (χ1n) is 9.15. The van der Waals surface area contributed by atoms with E-state index in [2.05, 4.69) is 15.5 Å². The quantitative estimate of drug-likeness (QED) is 0.831. The number of rotatable bonds is 4. The number of carbonyl (C=O) groups excluding carboxylic acids is 2. The summed E-state index contributed by atoms with van der Waals surface area (Å²) < 4.78 is 10.6. The normalized spacial score (nSPS) is 25.1. The molecule has 4 rings (SSSR count). The highest BCUT2D eigenvalue weighted by Gasteiger charge is 2.55. The van der Waals surface area contributed by atoms with Crippen molar-refractivity contribution < 1.29 is 18.8 Å². The maximum absolute atomic E-state index is 13.0. The van der Waals surface area contributed by atoms with Crippen molar-refractivity contribution >= 4 is 11.9 Å². The van der Waals surface area contributed by atoms with Crippen LogP contribution in [0.4, 0.5) is 4.79 Å². The molecule has 8 heteroatoms. The van der Waals surface area contributed by atoms with Crippen LogP contribution in [-0.4, -0.2) is 39.6 Å². The number of nitrogens with zero attached hydrogens (tertiary/aromatic N) is 3. The molecule has 1 N–H and O–H groups in total. The third-order valence-corrected chi connectivity index (χ3v) is 5.61. The van der Waals surface area contributed by atoms with Gasteiger partial charge in [0.15, 0.2) is 0 Å². The molecule has 3 amide bonds. The summed E-state index contributed by atoms with van der Waals surface area (Å²) in [5, 5.41) is 6.89. The van der Waals surface area contributed by atoms with Crippen LogP contribution in [0.5, 0.6) is 5.75 Å². The highest BCUT2D eigenvalue weighted by Crippen LogP contribution is 2.38. The summed E-state index contributed by atoms with van der Waals surface area (Å²) in [6.07, 6.45) is 3.62. The lowest BCUT2D eigenvalue weighted by atomic mass is 9.73. The van der Waals surface area contributed by atoms with Gasteiger partial charge in [0, 0.05) is 0 Å². The van der Waals surface area contributed by atoms with Crippen LogP contribution in [0.3, 0.4) is 0 Å². The van der Waals surface area contributed by atoms with Crippen LogP contribution in [0.2, 0.25) is 0 Å².